The van der Waals surface area contributed by atoms with Crippen LogP contribution in [-0.2, 0) is 41.1 Å². The largest absolute Gasteiger partial charge is 0.490 e. The van der Waals surface area contributed by atoms with Crippen LogP contribution in [0.1, 0.15) is 25.6 Å². The molecule has 2 unspecified atom stereocenters. The summed E-state index contributed by atoms with van der Waals surface area (Å²) in [7, 11) is -16.9. The van der Waals surface area contributed by atoms with Gasteiger partial charge >= 0.3 is 29.4 Å². The summed E-state index contributed by atoms with van der Waals surface area (Å²) in [6.45, 7) is 1.78. The number of ether oxygens (including phenoxy) is 2. The molecule has 39 heavy (non-hydrogen) atoms. The van der Waals surface area contributed by atoms with Gasteiger partial charge in [0.15, 0.2) is 6.23 Å². The van der Waals surface area contributed by atoms with Crippen molar-refractivity contribution in [2.75, 3.05) is 18.9 Å². The van der Waals surface area contributed by atoms with Crippen molar-refractivity contribution in [3.05, 3.63) is 18.1 Å². The highest BCUT2D eigenvalue weighted by Crippen LogP contribution is 2.66. The number of hydrogen-bond donors (Lipinski definition) is 7. The number of phosphoric ester groups is 1. The maximum absolute atomic E-state index is 12.0. The van der Waals surface area contributed by atoms with Crippen molar-refractivity contribution in [2.45, 2.75) is 37.9 Å². The lowest BCUT2D eigenvalue weighted by Gasteiger charge is -2.27. The van der Waals surface area contributed by atoms with Crippen LogP contribution in [0, 0.1) is 11.8 Å². The van der Waals surface area contributed by atoms with Crippen LogP contribution in [0.4, 0.5) is 5.82 Å². The maximum atomic E-state index is 12.0. The monoisotopic (exact) mass is 616 g/mol. The van der Waals surface area contributed by atoms with E-state index >= 15 is 0 Å². The Balaban J connectivity index is 1.87. The molecule has 1 saturated heterocycles. The van der Waals surface area contributed by atoms with Gasteiger partial charge in [0.1, 0.15) is 35.6 Å². The summed E-state index contributed by atoms with van der Waals surface area (Å²) in [5.74, 6) is 3.92. The number of nitrogens with two attached hydrogens (primary N) is 1. The lowest BCUT2D eigenvalue weighted by molar-refractivity contribution is -0.136. The van der Waals surface area contributed by atoms with E-state index in [1.165, 1.54) is 10.8 Å². The van der Waals surface area contributed by atoms with E-state index in [9.17, 15) is 38.5 Å². The summed E-state index contributed by atoms with van der Waals surface area (Å²) in [5, 5.41) is 21.8. The van der Waals surface area contributed by atoms with Gasteiger partial charge in [0.05, 0.1) is 24.2 Å². The molecular formula is C17H23N4O15P3. The van der Waals surface area contributed by atoms with Crippen molar-refractivity contribution in [3.8, 4) is 11.8 Å². The summed E-state index contributed by atoms with van der Waals surface area (Å²) in [6, 6.07) is 0. The van der Waals surface area contributed by atoms with E-state index < -0.39 is 60.1 Å². The minimum Gasteiger partial charge on any atom is -0.456 e. The number of fused-ring (bicyclic) bond motifs is 1. The Morgan fingerprint density at radius 2 is 1.87 bits per heavy atom. The number of hydrogen-bond acceptors (Lipinski definition) is 14. The van der Waals surface area contributed by atoms with E-state index in [1.807, 2.05) is 0 Å². The van der Waals surface area contributed by atoms with Crippen LogP contribution in [0.25, 0.3) is 11.0 Å². The molecule has 1 aliphatic heterocycles. The van der Waals surface area contributed by atoms with Gasteiger partial charge in [0.2, 0.25) is 0 Å². The second kappa shape index (κ2) is 11.3. The van der Waals surface area contributed by atoms with Gasteiger partial charge in [-0.05, 0) is 13.8 Å². The third kappa shape index (κ3) is 7.48. The number of aliphatic hydroxyl groups excluding tert-OH is 1. The molecule has 1 fully saturated rings. The molecule has 2 aromatic heterocycles. The number of esters is 1. The van der Waals surface area contributed by atoms with Crippen molar-refractivity contribution in [1.82, 2.24) is 14.5 Å². The average Bonchev–Trinajstić information content (AvgIpc) is 3.24. The molecule has 216 valence electrons. The summed E-state index contributed by atoms with van der Waals surface area (Å²) in [4.78, 5) is 55.8. The van der Waals surface area contributed by atoms with Crippen molar-refractivity contribution in [1.29, 1.82) is 0 Å². The summed E-state index contributed by atoms with van der Waals surface area (Å²) >= 11 is 0. The van der Waals surface area contributed by atoms with Crippen molar-refractivity contribution in [3.63, 3.8) is 0 Å². The smallest absolute Gasteiger partial charge is 0.456 e. The van der Waals surface area contributed by atoms with Gasteiger partial charge in [0.25, 0.3) is 0 Å². The van der Waals surface area contributed by atoms with Gasteiger partial charge < -0.3 is 49.6 Å². The Morgan fingerprint density at radius 3 is 2.49 bits per heavy atom. The third-order valence-electron chi connectivity index (χ3n) is 5.04. The number of aliphatic hydroxyl groups is 2. The fourth-order valence-corrected chi connectivity index (χ4v) is 6.55. The predicted molar refractivity (Wildman–Crippen MR) is 126 cm³/mol. The first-order valence-corrected chi connectivity index (χ1v) is 15.0. The van der Waals surface area contributed by atoms with Gasteiger partial charge in [0, 0.05) is 12.1 Å². The molecule has 2 aromatic rings. The first kappa shape index (κ1) is 31.3. The predicted octanol–water partition coefficient (Wildman–Crippen LogP) is -0.719. The zero-order chi connectivity index (χ0) is 29.4. The molecule has 3 rings (SSSR count). The van der Waals surface area contributed by atoms with Crippen molar-refractivity contribution < 1.29 is 70.9 Å². The van der Waals surface area contributed by atoms with Gasteiger partial charge in [-0.25, -0.2) is 28.5 Å². The molecular weight excluding hydrogens is 593 g/mol. The number of anilines is 1. The highest BCUT2D eigenvalue weighted by molar-refractivity contribution is 7.66. The van der Waals surface area contributed by atoms with Crippen molar-refractivity contribution in [2.24, 2.45) is 0 Å². The minimum atomic E-state index is -5.78. The normalized spacial score (nSPS) is 26.4. The number of nitrogen functional groups attached to an aromatic ring is 1. The Hall–Kier alpha value is -2.26. The molecule has 8 N–H and O–H groups in total. The number of aromatic nitrogens is 3. The quantitative estimate of drug-likeness (QED) is 0.104. The second-order valence-corrected chi connectivity index (χ2v) is 12.4. The van der Waals surface area contributed by atoms with E-state index in [4.69, 9.17) is 25.0 Å². The topological polar surface area (TPSA) is 293 Å². The molecule has 0 amide bonds. The third-order valence-corrected chi connectivity index (χ3v) is 8.84. The molecule has 19 nitrogen and oxygen atoms in total. The van der Waals surface area contributed by atoms with E-state index in [0.717, 1.165) is 13.3 Å². The Labute approximate surface area is 218 Å². The van der Waals surface area contributed by atoms with Crippen LogP contribution >= 0.6 is 23.5 Å². The van der Waals surface area contributed by atoms with E-state index in [-0.39, 0.29) is 29.0 Å². The van der Waals surface area contributed by atoms with Crippen LogP contribution in [0.3, 0.4) is 0 Å². The molecule has 0 radical (unpaired) electrons. The lowest BCUT2D eigenvalue weighted by atomic mass is 9.96. The standard InChI is InChI=1S/C17H23N4O15P3/c1-3-32-11(22)5-4-9-6-21(15-12(9)14(18)19-8-20-15)16-17(2,24)13(23)10(34-16)7-33-38(28,29)36-39(30,31)35-37(25,26)27/h6,8,10,13,16,23-24H,3,7H2,1-2H3,(H,28,29)(H,30,31)(H2,18,19,20)(H2,25,26,27)/t10-,13-,16-,17-/m1/s1. The average molecular weight is 616 g/mol. The van der Waals surface area contributed by atoms with Gasteiger partial charge in [-0.2, -0.15) is 8.62 Å². The molecule has 0 spiro atoms. The Kier molecular flexibility index (Phi) is 9.07. The SMILES string of the molecule is CCOC(=O)C#Cc1cn([C@@H]2O[C@H](COP(=O)(O)OP(=O)(O)OP(=O)(O)O)[C@@H](O)[C@@]2(C)O)c2ncnc(N)c12. The van der Waals surface area contributed by atoms with Crippen LogP contribution in [0.5, 0.6) is 0 Å². The van der Waals surface area contributed by atoms with E-state index in [2.05, 4.69) is 35.0 Å². The number of carbonyl (C=O) groups excluding carboxylic acids is 1. The fourth-order valence-electron chi connectivity index (χ4n) is 3.52. The van der Waals surface area contributed by atoms with E-state index in [0.29, 0.717) is 0 Å². The minimum absolute atomic E-state index is 0.0469. The summed E-state index contributed by atoms with van der Waals surface area (Å²) in [6.07, 6.45) is -2.50. The number of phosphoric acid groups is 3. The molecule has 0 aromatic carbocycles. The summed E-state index contributed by atoms with van der Waals surface area (Å²) < 4.78 is 57.6. The van der Waals surface area contributed by atoms with Gasteiger partial charge in [-0.1, -0.05) is 5.92 Å². The lowest BCUT2D eigenvalue weighted by Crippen LogP contribution is -2.44. The first-order chi connectivity index (χ1) is 17.9. The van der Waals surface area contributed by atoms with Crippen LogP contribution < -0.4 is 5.73 Å². The van der Waals surface area contributed by atoms with Gasteiger partial charge in [-0.3, -0.25) is 4.52 Å². The molecule has 0 aliphatic carbocycles. The van der Waals surface area contributed by atoms with Gasteiger partial charge in [-0.15, -0.1) is 0 Å². The number of nitrogens with zero attached hydrogens (tertiary/aromatic N) is 3. The van der Waals surface area contributed by atoms with E-state index in [1.54, 1.807) is 6.92 Å². The first-order valence-electron chi connectivity index (χ1n) is 10.5. The zero-order valence-corrected chi connectivity index (χ0v) is 22.6. The molecule has 0 saturated carbocycles. The molecule has 6 atom stereocenters. The number of carbonyl (C=O) groups is 1. The highest BCUT2D eigenvalue weighted by atomic mass is 31.3. The Morgan fingerprint density at radius 1 is 1.21 bits per heavy atom. The van der Waals surface area contributed by atoms with Crippen molar-refractivity contribution >= 4 is 46.3 Å². The highest BCUT2D eigenvalue weighted by Gasteiger charge is 2.54. The molecule has 0 bridgehead atoms. The second-order valence-electron chi connectivity index (χ2n) is 7.96. The molecule has 3 heterocycles. The summed E-state index contributed by atoms with van der Waals surface area (Å²) in [5.41, 5.74) is 3.99. The van der Waals surface area contributed by atoms with Crippen LogP contribution in [0.2, 0.25) is 0 Å². The fraction of sp³-hybridized carbons (Fsp3) is 0.471. The zero-order valence-electron chi connectivity index (χ0n) is 19.9. The molecule has 1 aliphatic rings. The molecule has 22 heteroatoms. The Bertz CT molecular complexity index is 1460. The number of rotatable bonds is 9. The maximum Gasteiger partial charge on any atom is 0.490 e. The van der Waals surface area contributed by atoms with Crippen LogP contribution in [0.15, 0.2) is 12.5 Å². The van der Waals surface area contributed by atoms with Crippen LogP contribution in [-0.4, -0.2) is 81.3 Å².